The summed E-state index contributed by atoms with van der Waals surface area (Å²) in [6.45, 7) is 0. The molecule has 0 N–H and O–H groups in total. The number of aromatic nitrogens is 4. The number of nitrogens with zero attached hydrogens (tertiary/aromatic N) is 6. The summed E-state index contributed by atoms with van der Waals surface area (Å²) in [7, 11) is 0. The second kappa shape index (κ2) is 6.28. The molecule has 1 aromatic heterocycles. The van der Waals surface area contributed by atoms with Crippen molar-refractivity contribution in [3.63, 3.8) is 0 Å². The van der Waals surface area contributed by atoms with Crippen molar-refractivity contribution in [2.75, 3.05) is 0 Å². The summed E-state index contributed by atoms with van der Waals surface area (Å²) in [5, 5.41) is 29.6. The standard InChI is InChI=1S/C13H7ClN6/c14-11-4-6-12(7-5-11)20-18-13(17-19-20)3-1-2-10(8-15)9-16/h1-7H/b3-1+. The highest BCUT2D eigenvalue weighted by atomic mass is 35.5. The molecule has 0 aliphatic heterocycles. The van der Waals surface area contributed by atoms with Crippen LogP contribution in [-0.2, 0) is 0 Å². The highest BCUT2D eigenvalue weighted by molar-refractivity contribution is 6.30. The van der Waals surface area contributed by atoms with Crippen molar-refractivity contribution in [1.29, 1.82) is 10.5 Å². The van der Waals surface area contributed by atoms with E-state index >= 15 is 0 Å². The van der Waals surface area contributed by atoms with E-state index < -0.39 is 0 Å². The van der Waals surface area contributed by atoms with Crippen LogP contribution in [-0.4, -0.2) is 20.2 Å². The number of hydrogen-bond acceptors (Lipinski definition) is 5. The predicted octanol–water partition coefficient (Wildman–Crippen LogP) is 2.30. The molecule has 1 heterocycles. The first-order valence-corrected chi connectivity index (χ1v) is 5.85. The second-order valence-corrected chi connectivity index (χ2v) is 4.01. The molecular weight excluding hydrogens is 276 g/mol. The van der Waals surface area contributed by atoms with Crippen molar-refractivity contribution in [3.8, 4) is 17.8 Å². The van der Waals surface area contributed by atoms with Crippen molar-refractivity contribution in [2.45, 2.75) is 0 Å². The van der Waals surface area contributed by atoms with Crippen molar-refractivity contribution in [3.05, 3.63) is 52.8 Å². The molecule has 0 saturated carbocycles. The van der Waals surface area contributed by atoms with E-state index in [0.29, 0.717) is 10.8 Å². The Kier molecular flexibility index (Phi) is 4.23. The maximum atomic E-state index is 8.57. The predicted molar refractivity (Wildman–Crippen MR) is 72.5 cm³/mol. The Bertz CT molecular complexity index is 726. The minimum Gasteiger partial charge on any atom is -0.192 e. The lowest BCUT2D eigenvalue weighted by atomic mass is 10.3. The van der Waals surface area contributed by atoms with Crippen LogP contribution in [0.25, 0.3) is 11.8 Å². The van der Waals surface area contributed by atoms with Gasteiger partial charge < -0.3 is 0 Å². The number of allylic oxidation sites excluding steroid dienone is 3. The molecule has 1 aromatic carbocycles. The largest absolute Gasteiger partial charge is 0.198 e. The fourth-order valence-electron chi connectivity index (χ4n) is 1.31. The molecule has 0 unspecified atom stereocenters. The van der Waals surface area contributed by atoms with Gasteiger partial charge in [-0.15, -0.1) is 15.0 Å². The van der Waals surface area contributed by atoms with Crippen molar-refractivity contribution in [2.24, 2.45) is 0 Å². The third-order valence-corrected chi connectivity index (χ3v) is 2.49. The van der Waals surface area contributed by atoms with Crippen LogP contribution in [0.2, 0.25) is 5.02 Å². The van der Waals surface area contributed by atoms with E-state index in [2.05, 4.69) is 15.4 Å². The Hall–Kier alpha value is -2.96. The molecule has 0 aliphatic rings. The molecule has 0 bridgehead atoms. The number of benzene rings is 1. The van der Waals surface area contributed by atoms with Crippen LogP contribution in [0.15, 0.2) is 42.0 Å². The van der Waals surface area contributed by atoms with Gasteiger partial charge in [0.05, 0.1) is 5.69 Å². The van der Waals surface area contributed by atoms with E-state index in [1.807, 2.05) is 0 Å². The lowest BCUT2D eigenvalue weighted by Gasteiger charge is -1.96. The monoisotopic (exact) mass is 282 g/mol. The highest BCUT2D eigenvalue weighted by Crippen LogP contribution is 2.11. The third kappa shape index (κ3) is 3.29. The summed E-state index contributed by atoms with van der Waals surface area (Å²) in [5.41, 5.74) is 0.734. The molecular formula is C13H7ClN6. The number of rotatable bonds is 3. The molecule has 96 valence electrons. The zero-order chi connectivity index (χ0) is 14.4. The fourth-order valence-corrected chi connectivity index (χ4v) is 1.43. The van der Waals surface area contributed by atoms with Crippen LogP contribution in [0.3, 0.4) is 0 Å². The van der Waals surface area contributed by atoms with E-state index in [9.17, 15) is 0 Å². The minimum atomic E-state index is 0.00587. The van der Waals surface area contributed by atoms with Gasteiger partial charge in [0.25, 0.3) is 0 Å². The minimum absolute atomic E-state index is 0.00587. The number of halogens is 1. The van der Waals surface area contributed by atoms with E-state index in [1.165, 1.54) is 16.9 Å². The van der Waals surface area contributed by atoms with E-state index in [4.69, 9.17) is 22.1 Å². The first kappa shape index (κ1) is 13.5. The van der Waals surface area contributed by atoms with Crippen molar-refractivity contribution >= 4 is 17.7 Å². The number of hydrogen-bond donors (Lipinski definition) is 0. The van der Waals surface area contributed by atoms with Crippen LogP contribution in [0.4, 0.5) is 0 Å². The van der Waals surface area contributed by atoms with Crippen molar-refractivity contribution in [1.82, 2.24) is 20.2 Å². The van der Waals surface area contributed by atoms with Crippen LogP contribution in [0, 0.1) is 22.7 Å². The maximum absolute atomic E-state index is 8.57. The second-order valence-electron chi connectivity index (χ2n) is 3.58. The Morgan fingerprint density at radius 3 is 2.55 bits per heavy atom. The normalized spacial score (nSPS) is 9.95. The molecule has 0 fully saturated rings. The molecule has 0 atom stereocenters. The molecule has 6 nitrogen and oxygen atoms in total. The maximum Gasteiger partial charge on any atom is 0.198 e. The molecule has 0 saturated heterocycles. The quantitative estimate of drug-likeness (QED) is 0.636. The molecule has 0 radical (unpaired) electrons. The van der Waals surface area contributed by atoms with Crippen LogP contribution in [0.1, 0.15) is 5.82 Å². The van der Waals surface area contributed by atoms with Crippen LogP contribution in [0.5, 0.6) is 0 Å². The molecule has 7 heteroatoms. The summed E-state index contributed by atoms with van der Waals surface area (Å²) in [5.74, 6) is 0.367. The topological polar surface area (TPSA) is 91.2 Å². The average molecular weight is 283 g/mol. The van der Waals surface area contributed by atoms with E-state index in [1.54, 1.807) is 42.5 Å². The van der Waals surface area contributed by atoms with Crippen LogP contribution < -0.4 is 0 Å². The summed E-state index contributed by atoms with van der Waals surface area (Å²) < 4.78 is 0. The Morgan fingerprint density at radius 1 is 1.20 bits per heavy atom. The summed E-state index contributed by atoms with van der Waals surface area (Å²) in [6, 6.07) is 10.5. The fraction of sp³-hybridized carbons (Fsp3) is 0. The Labute approximate surface area is 119 Å². The zero-order valence-corrected chi connectivity index (χ0v) is 10.9. The van der Waals surface area contributed by atoms with Gasteiger partial charge in [0.1, 0.15) is 17.7 Å². The van der Waals surface area contributed by atoms with E-state index in [-0.39, 0.29) is 5.57 Å². The van der Waals surface area contributed by atoms with Gasteiger partial charge in [-0.25, -0.2) is 0 Å². The number of tetrazole rings is 1. The Balaban J connectivity index is 2.16. The van der Waals surface area contributed by atoms with Gasteiger partial charge in [0.2, 0.25) is 0 Å². The van der Waals surface area contributed by atoms with Crippen molar-refractivity contribution < 1.29 is 0 Å². The molecule has 20 heavy (non-hydrogen) atoms. The lowest BCUT2D eigenvalue weighted by molar-refractivity contribution is 0.719. The van der Waals surface area contributed by atoms with Gasteiger partial charge >= 0.3 is 0 Å². The first-order chi connectivity index (χ1) is 9.72. The number of nitriles is 2. The van der Waals surface area contributed by atoms with E-state index in [0.717, 1.165) is 5.69 Å². The van der Waals surface area contributed by atoms with Gasteiger partial charge in [-0.05, 0) is 41.6 Å². The van der Waals surface area contributed by atoms with Gasteiger partial charge in [0, 0.05) is 5.02 Å². The zero-order valence-electron chi connectivity index (χ0n) is 10.1. The summed E-state index contributed by atoms with van der Waals surface area (Å²) in [4.78, 5) is 1.36. The SMILES string of the molecule is N#CC(C#N)=C/C=C/c1nnn(-c2ccc(Cl)cc2)n1. The molecule has 0 amide bonds. The molecule has 2 rings (SSSR count). The third-order valence-electron chi connectivity index (χ3n) is 2.24. The molecule has 0 aliphatic carbocycles. The lowest BCUT2D eigenvalue weighted by Crippen LogP contribution is -1.98. The molecule has 2 aromatic rings. The highest BCUT2D eigenvalue weighted by Gasteiger charge is 2.01. The Morgan fingerprint density at radius 2 is 1.90 bits per heavy atom. The smallest absolute Gasteiger partial charge is 0.192 e. The summed E-state index contributed by atoms with van der Waals surface area (Å²) in [6.07, 6.45) is 4.45. The van der Waals surface area contributed by atoms with Gasteiger partial charge in [-0.1, -0.05) is 17.7 Å². The first-order valence-electron chi connectivity index (χ1n) is 5.47. The average Bonchev–Trinajstić information content (AvgIpc) is 2.93. The van der Waals surface area contributed by atoms with Crippen LogP contribution >= 0.6 is 11.6 Å². The molecule has 0 spiro atoms. The van der Waals surface area contributed by atoms with Gasteiger partial charge in [-0.3, -0.25) is 0 Å². The van der Waals surface area contributed by atoms with Gasteiger partial charge in [-0.2, -0.15) is 10.5 Å². The summed E-state index contributed by atoms with van der Waals surface area (Å²) >= 11 is 5.79. The van der Waals surface area contributed by atoms with Gasteiger partial charge in [0.15, 0.2) is 5.82 Å².